The molecule has 6 heteroatoms. The van der Waals surface area contributed by atoms with Crippen LogP contribution in [-0.2, 0) is 14.4 Å². The Morgan fingerprint density at radius 2 is 1.78 bits per heavy atom. The van der Waals surface area contributed by atoms with Crippen molar-refractivity contribution in [3.05, 3.63) is 22.8 Å². The summed E-state index contributed by atoms with van der Waals surface area (Å²) in [5, 5.41) is 31.4. The average molecular weight is 501 g/mol. The lowest BCUT2D eigenvalue weighted by Crippen LogP contribution is -2.57. The zero-order chi connectivity index (χ0) is 27.0. The molecule has 6 nitrogen and oxygen atoms in total. The number of Topliss-reactive ketones (excluding diaryl/α,β-unsaturated/α-hetero) is 2. The first kappa shape index (κ1) is 27.3. The summed E-state index contributed by atoms with van der Waals surface area (Å²) in [6.45, 7) is 14.0. The number of fused-ring (bicyclic) bond motifs is 4. The fraction of sp³-hybridized carbons (Fsp3) is 0.767. The van der Waals surface area contributed by atoms with Crippen molar-refractivity contribution in [3.63, 3.8) is 0 Å². The largest absolute Gasteiger partial charge is 0.478 e. The number of allylic oxidation sites excluding steroid dienone is 1. The third kappa shape index (κ3) is 3.61. The second-order valence-electron chi connectivity index (χ2n) is 13.5. The highest BCUT2D eigenvalue weighted by atomic mass is 16.4. The van der Waals surface area contributed by atoms with E-state index in [1.807, 2.05) is 20.8 Å². The number of hydrogen-bond acceptors (Lipinski definition) is 5. The molecule has 0 amide bonds. The monoisotopic (exact) mass is 500 g/mol. The Morgan fingerprint density at radius 1 is 1.14 bits per heavy atom. The average Bonchev–Trinajstić information content (AvgIpc) is 2.97. The van der Waals surface area contributed by atoms with Crippen molar-refractivity contribution in [1.82, 2.24) is 0 Å². The van der Waals surface area contributed by atoms with Gasteiger partial charge in [-0.15, -0.1) is 0 Å². The Labute approximate surface area is 215 Å². The molecule has 4 rings (SSSR count). The molecule has 0 heterocycles. The summed E-state index contributed by atoms with van der Waals surface area (Å²) in [6, 6.07) is 0. The second-order valence-corrected chi connectivity index (χ2v) is 13.5. The lowest BCUT2D eigenvalue weighted by molar-refractivity contribution is -0.143. The van der Waals surface area contributed by atoms with Crippen LogP contribution in [0, 0.1) is 39.4 Å². The fourth-order valence-electron chi connectivity index (χ4n) is 9.22. The number of carbonyl (C=O) groups is 3. The number of aliphatic hydroxyl groups is 2. The first-order valence-electron chi connectivity index (χ1n) is 13.6. The predicted molar refractivity (Wildman–Crippen MR) is 137 cm³/mol. The third-order valence-electron chi connectivity index (χ3n) is 11.4. The molecule has 4 aliphatic rings. The first-order chi connectivity index (χ1) is 16.5. The lowest BCUT2D eigenvalue weighted by Gasteiger charge is -2.60. The molecule has 0 unspecified atom stereocenters. The molecule has 8 atom stereocenters. The molecule has 3 N–H and O–H groups in total. The van der Waals surface area contributed by atoms with Gasteiger partial charge in [0.2, 0.25) is 0 Å². The van der Waals surface area contributed by atoms with Gasteiger partial charge < -0.3 is 15.3 Å². The second kappa shape index (κ2) is 8.62. The summed E-state index contributed by atoms with van der Waals surface area (Å²) in [5.74, 6) is -0.475. The molecule has 0 aliphatic heterocycles. The minimum absolute atomic E-state index is 0.00701. The summed E-state index contributed by atoms with van der Waals surface area (Å²) in [4.78, 5) is 38.0. The lowest BCUT2D eigenvalue weighted by atomic mass is 9.43. The highest BCUT2D eigenvalue weighted by molar-refractivity contribution is 6.00. The molecule has 0 spiro atoms. The maximum atomic E-state index is 14.0. The number of aliphatic hydroxyl groups excluding tert-OH is 2. The molecule has 0 aromatic heterocycles. The number of hydrogen-bond donors (Lipinski definition) is 3. The zero-order valence-electron chi connectivity index (χ0n) is 23.0. The molecule has 200 valence electrons. The number of carbonyl (C=O) groups excluding carboxylic acids is 2. The molecular weight excluding hydrogens is 456 g/mol. The van der Waals surface area contributed by atoms with Gasteiger partial charge in [-0.25, -0.2) is 4.79 Å². The highest BCUT2D eigenvalue weighted by Crippen LogP contribution is 2.71. The van der Waals surface area contributed by atoms with Gasteiger partial charge in [0.25, 0.3) is 0 Å². The topological polar surface area (TPSA) is 112 Å². The Morgan fingerprint density at radius 3 is 2.39 bits per heavy atom. The van der Waals surface area contributed by atoms with Crippen LogP contribution < -0.4 is 0 Å². The van der Waals surface area contributed by atoms with Gasteiger partial charge in [-0.05, 0) is 68.3 Å². The van der Waals surface area contributed by atoms with Crippen molar-refractivity contribution in [2.45, 2.75) is 106 Å². The Bertz CT molecular complexity index is 1050. The van der Waals surface area contributed by atoms with Crippen molar-refractivity contribution < 1.29 is 29.7 Å². The van der Waals surface area contributed by atoms with E-state index >= 15 is 0 Å². The van der Waals surface area contributed by atoms with E-state index in [9.17, 15) is 24.6 Å². The van der Waals surface area contributed by atoms with Gasteiger partial charge in [0, 0.05) is 40.2 Å². The van der Waals surface area contributed by atoms with Crippen LogP contribution in [0.3, 0.4) is 0 Å². The van der Waals surface area contributed by atoms with Gasteiger partial charge in [-0.3, -0.25) is 9.59 Å². The fourth-order valence-corrected chi connectivity index (χ4v) is 9.22. The van der Waals surface area contributed by atoms with Crippen LogP contribution in [0.4, 0.5) is 0 Å². The standard InChI is InChI=1S/C30H44O6/c1-16(12-18(31)13-17(2)26(35)36)20-14-24(34)30(7)19-8-9-22-27(3,4)23(33)10-11-28(22,5)25(19)21(32)15-29(20,30)6/h13,16,18,20,22,24,31,34H,8-12,14-15H2,1-7H3,(H,35,36)/b17-13+/t16-,18+,20-,22-,24+,28+,29-,30-/m1/s1. The van der Waals surface area contributed by atoms with Gasteiger partial charge >= 0.3 is 5.97 Å². The maximum absolute atomic E-state index is 14.0. The number of carboxylic acid groups (broad SMARTS) is 1. The summed E-state index contributed by atoms with van der Waals surface area (Å²) < 4.78 is 0. The van der Waals surface area contributed by atoms with Gasteiger partial charge in [0.05, 0.1) is 12.2 Å². The van der Waals surface area contributed by atoms with Crippen LogP contribution in [0.15, 0.2) is 22.8 Å². The van der Waals surface area contributed by atoms with E-state index in [1.54, 1.807) is 0 Å². The van der Waals surface area contributed by atoms with Crippen molar-refractivity contribution >= 4 is 17.5 Å². The van der Waals surface area contributed by atoms with Gasteiger partial charge in [0.15, 0.2) is 5.78 Å². The van der Waals surface area contributed by atoms with Gasteiger partial charge in [0.1, 0.15) is 5.78 Å². The molecule has 0 saturated heterocycles. The van der Waals surface area contributed by atoms with E-state index in [2.05, 4.69) is 20.8 Å². The van der Waals surface area contributed by atoms with Gasteiger partial charge in [-0.2, -0.15) is 0 Å². The van der Waals surface area contributed by atoms with Crippen molar-refractivity contribution in [1.29, 1.82) is 0 Å². The van der Waals surface area contributed by atoms with Crippen LogP contribution in [0.2, 0.25) is 0 Å². The number of aliphatic carboxylic acids is 1. The predicted octanol–water partition coefficient (Wildman–Crippen LogP) is 4.87. The van der Waals surface area contributed by atoms with Crippen LogP contribution in [0.1, 0.15) is 93.4 Å². The minimum Gasteiger partial charge on any atom is -0.478 e. The first-order valence-corrected chi connectivity index (χ1v) is 13.6. The van der Waals surface area contributed by atoms with Crippen molar-refractivity contribution in [2.24, 2.45) is 39.4 Å². The highest BCUT2D eigenvalue weighted by Gasteiger charge is 2.68. The smallest absolute Gasteiger partial charge is 0.331 e. The van der Waals surface area contributed by atoms with E-state index < -0.39 is 34.4 Å². The molecule has 2 saturated carbocycles. The number of rotatable bonds is 5. The Hall–Kier alpha value is -1.79. The molecular formula is C30H44O6. The Balaban J connectivity index is 1.72. The number of carboxylic acids is 1. The molecule has 0 aromatic rings. The normalized spacial score (nSPS) is 41.9. The minimum atomic E-state index is -1.05. The molecule has 36 heavy (non-hydrogen) atoms. The van der Waals surface area contributed by atoms with Crippen LogP contribution in [0.25, 0.3) is 0 Å². The van der Waals surface area contributed by atoms with Crippen LogP contribution in [-0.4, -0.2) is 45.1 Å². The van der Waals surface area contributed by atoms with Gasteiger partial charge in [-0.1, -0.05) is 47.1 Å². The summed E-state index contributed by atoms with van der Waals surface area (Å²) in [7, 11) is 0. The van der Waals surface area contributed by atoms with E-state index in [0.29, 0.717) is 32.1 Å². The third-order valence-corrected chi connectivity index (χ3v) is 11.4. The van der Waals surface area contributed by atoms with Crippen molar-refractivity contribution in [2.75, 3.05) is 0 Å². The van der Waals surface area contributed by atoms with Crippen LogP contribution in [0.5, 0.6) is 0 Å². The van der Waals surface area contributed by atoms with Crippen LogP contribution >= 0.6 is 0 Å². The Kier molecular flexibility index (Phi) is 6.53. The SMILES string of the molecule is C/C(=C\[C@@H](O)C[C@@H](C)[C@H]1C[C@H](O)[C@@]2(C)C3=C(C(=O)C[C@]12C)[C@@]1(C)CCC(=O)C(C)(C)[C@H]1CC3)C(=O)O. The number of ketones is 2. The molecule has 0 bridgehead atoms. The molecule has 0 aromatic carbocycles. The zero-order valence-corrected chi connectivity index (χ0v) is 23.0. The van der Waals surface area contributed by atoms with E-state index in [-0.39, 0.29) is 40.3 Å². The molecule has 4 aliphatic carbocycles. The molecule has 2 fully saturated rings. The van der Waals surface area contributed by atoms with Crippen molar-refractivity contribution in [3.8, 4) is 0 Å². The summed E-state index contributed by atoms with van der Waals surface area (Å²) in [5.41, 5.74) is 0.282. The summed E-state index contributed by atoms with van der Waals surface area (Å²) in [6.07, 6.45) is 3.92. The molecule has 0 radical (unpaired) electrons. The van der Waals surface area contributed by atoms with E-state index in [4.69, 9.17) is 5.11 Å². The van der Waals surface area contributed by atoms with E-state index in [0.717, 1.165) is 24.0 Å². The summed E-state index contributed by atoms with van der Waals surface area (Å²) >= 11 is 0. The quantitative estimate of drug-likeness (QED) is 0.464. The van der Waals surface area contributed by atoms with E-state index in [1.165, 1.54) is 13.0 Å². The maximum Gasteiger partial charge on any atom is 0.331 e.